The number of hydrogen-bond donors (Lipinski definition) is 1. The Hall–Kier alpha value is -3.37. The van der Waals surface area contributed by atoms with Crippen LogP contribution >= 0.6 is 24.0 Å². The molecule has 2 aromatic carbocycles. The van der Waals surface area contributed by atoms with Crippen LogP contribution in [0.1, 0.15) is 27.2 Å². The van der Waals surface area contributed by atoms with E-state index in [1.54, 1.807) is 24.3 Å². The Kier molecular flexibility index (Phi) is 6.13. The number of amides is 1. The second-order valence-electron chi connectivity index (χ2n) is 7.01. The predicted molar refractivity (Wildman–Crippen MR) is 121 cm³/mol. The topological polar surface area (TPSA) is 70.8 Å². The number of carbonyl (C=O) groups is 2. The third kappa shape index (κ3) is 4.86. The monoisotopic (exact) mass is 489 g/mol. The molecule has 4 rings (SSSR count). The van der Waals surface area contributed by atoms with Gasteiger partial charge in [-0.05, 0) is 35.9 Å². The van der Waals surface area contributed by atoms with Gasteiger partial charge < -0.3 is 9.52 Å². The lowest BCUT2D eigenvalue weighted by Gasteiger charge is -2.18. The Balaban J connectivity index is 1.54. The van der Waals surface area contributed by atoms with Crippen molar-refractivity contribution in [1.82, 2.24) is 4.90 Å². The fraction of sp³-hybridized carbons (Fsp3) is 0.0870. The quantitative estimate of drug-likeness (QED) is 0.347. The fourth-order valence-electron chi connectivity index (χ4n) is 3.23. The summed E-state index contributed by atoms with van der Waals surface area (Å²) in [7, 11) is 0. The number of carbonyl (C=O) groups excluding carboxylic acids is 1. The molecule has 2 heterocycles. The summed E-state index contributed by atoms with van der Waals surface area (Å²) >= 11 is 6.21. The lowest BCUT2D eigenvalue weighted by atomic mass is 10.1. The number of thioether (sulfide) groups is 1. The number of halogens is 3. The van der Waals surface area contributed by atoms with Gasteiger partial charge in [-0.15, -0.1) is 0 Å². The van der Waals surface area contributed by atoms with Gasteiger partial charge in [0.25, 0.3) is 5.91 Å². The Morgan fingerprint density at radius 1 is 1.09 bits per heavy atom. The Labute approximate surface area is 195 Å². The lowest BCUT2D eigenvalue weighted by Crippen LogP contribution is -2.28. The molecule has 168 valence electrons. The number of thiocarbonyl (C=S) groups is 1. The molecule has 0 atom stereocenters. The average Bonchev–Trinajstić information content (AvgIpc) is 3.34. The van der Waals surface area contributed by atoms with Crippen LogP contribution in [-0.4, -0.2) is 26.2 Å². The first-order chi connectivity index (χ1) is 15.6. The van der Waals surface area contributed by atoms with E-state index in [9.17, 15) is 22.8 Å². The van der Waals surface area contributed by atoms with Crippen LogP contribution in [0.4, 0.5) is 13.2 Å². The van der Waals surface area contributed by atoms with Crippen LogP contribution in [0.5, 0.6) is 0 Å². The van der Waals surface area contributed by atoms with Crippen molar-refractivity contribution < 1.29 is 32.3 Å². The molecule has 1 aromatic heterocycles. The summed E-state index contributed by atoms with van der Waals surface area (Å²) in [6.07, 6.45) is -3.07. The highest BCUT2D eigenvalue weighted by Gasteiger charge is 2.37. The zero-order valence-electron chi connectivity index (χ0n) is 16.6. The first-order valence-electron chi connectivity index (χ1n) is 9.47. The zero-order chi connectivity index (χ0) is 23.8. The smallest absolute Gasteiger partial charge is 0.416 e. The lowest BCUT2D eigenvalue weighted by molar-refractivity contribution is -0.138. The van der Waals surface area contributed by atoms with Gasteiger partial charge in [-0.1, -0.05) is 54.3 Å². The molecule has 1 fully saturated rings. The summed E-state index contributed by atoms with van der Waals surface area (Å²) in [5.41, 5.74) is -0.0717. The molecular formula is C23H14F3NO4S2. The van der Waals surface area contributed by atoms with E-state index in [2.05, 4.69) is 0 Å². The number of hydrogen-bond acceptors (Lipinski definition) is 5. The number of carboxylic acids is 1. The molecule has 1 N–H and O–H groups in total. The van der Waals surface area contributed by atoms with Crippen molar-refractivity contribution in [1.29, 1.82) is 0 Å². The molecule has 3 aromatic rings. The summed E-state index contributed by atoms with van der Waals surface area (Å²) in [4.78, 5) is 25.2. The SMILES string of the molecule is O=C(O)c1ccc(-c2ccc(/C=C3\SC(=S)N(Cc4ccccc4C(F)(F)F)C3=O)o2)cc1. The summed E-state index contributed by atoms with van der Waals surface area (Å²) < 4.78 is 45.8. The van der Waals surface area contributed by atoms with Gasteiger partial charge in [0.1, 0.15) is 15.8 Å². The highest BCUT2D eigenvalue weighted by atomic mass is 32.2. The van der Waals surface area contributed by atoms with E-state index >= 15 is 0 Å². The Morgan fingerprint density at radius 2 is 1.79 bits per heavy atom. The molecule has 0 spiro atoms. The first kappa shape index (κ1) is 22.8. The number of rotatable bonds is 5. The maximum absolute atomic E-state index is 13.3. The number of carboxylic acid groups (broad SMARTS) is 1. The summed E-state index contributed by atoms with van der Waals surface area (Å²) in [6, 6.07) is 14.5. The van der Waals surface area contributed by atoms with Crippen LogP contribution in [0.15, 0.2) is 70.0 Å². The molecule has 0 aliphatic carbocycles. The third-order valence-corrected chi connectivity index (χ3v) is 6.22. The van der Waals surface area contributed by atoms with Crippen molar-refractivity contribution in [3.05, 3.63) is 88.0 Å². The van der Waals surface area contributed by atoms with Gasteiger partial charge in [0.15, 0.2) is 0 Å². The van der Waals surface area contributed by atoms with Crippen molar-refractivity contribution in [2.75, 3.05) is 0 Å². The molecule has 0 unspecified atom stereocenters. The molecular weight excluding hydrogens is 475 g/mol. The maximum atomic E-state index is 13.3. The molecule has 0 saturated carbocycles. The third-order valence-electron chi connectivity index (χ3n) is 4.84. The van der Waals surface area contributed by atoms with Crippen molar-refractivity contribution in [3.63, 3.8) is 0 Å². The number of benzene rings is 2. The van der Waals surface area contributed by atoms with E-state index in [1.807, 2.05) is 0 Å². The molecule has 1 aliphatic heterocycles. The average molecular weight is 489 g/mol. The van der Waals surface area contributed by atoms with Crippen LogP contribution in [0.2, 0.25) is 0 Å². The largest absolute Gasteiger partial charge is 0.478 e. The molecule has 1 aliphatic rings. The molecule has 0 bridgehead atoms. The summed E-state index contributed by atoms with van der Waals surface area (Å²) in [5.74, 6) is -0.733. The second-order valence-corrected chi connectivity index (χ2v) is 8.68. The second kappa shape index (κ2) is 8.87. The van der Waals surface area contributed by atoms with Gasteiger partial charge in [0.2, 0.25) is 0 Å². The van der Waals surface area contributed by atoms with E-state index < -0.39 is 23.6 Å². The number of alkyl halides is 3. The van der Waals surface area contributed by atoms with Gasteiger partial charge in [-0.2, -0.15) is 13.2 Å². The van der Waals surface area contributed by atoms with E-state index in [1.165, 1.54) is 36.4 Å². The zero-order valence-corrected chi connectivity index (χ0v) is 18.3. The first-order valence-corrected chi connectivity index (χ1v) is 10.7. The number of nitrogens with zero attached hydrogens (tertiary/aromatic N) is 1. The minimum Gasteiger partial charge on any atom is -0.478 e. The summed E-state index contributed by atoms with van der Waals surface area (Å²) in [5, 5.41) is 8.99. The molecule has 1 amide bonds. The highest BCUT2D eigenvalue weighted by molar-refractivity contribution is 8.26. The normalized spacial score (nSPS) is 15.5. The Morgan fingerprint density at radius 3 is 2.45 bits per heavy atom. The fourth-order valence-corrected chi connectivity index (χ4v) is 4.47. The van der Waals surface area contributed by atoms with Crippen molar-refractivity contribution in [3.8, 4) is 11.3 Å². The van der Waals surface area contributed by atoms with E-state index in [-0.39, 0.29) is 26.9 Å². The predicted octanol–water partition coefficient (Wildman–Crippen LogP) is 6.07. The molecule has 33 heavy (non-hydrogen) atoms. The molecule has 10 heteroatoms. The minimum atomic E-state index is -4.54. The van der Waals surface area contributed by atoms with Crippen molar-refractivity contribution in [2.45, 2.75) is 12.7 Å². The van der Waals surface area contributed by atoms with Gasteiger partial charge in [-0.25, -0.2) is 4.79 Å². The van der Waals surface area contributed by atoms with Crippen molar-refractivity contribution in [2.24, 2.45) is 0 Å². The van der Waals surface area contributed by atoms with Crippen LogP contribution in [0, 0.1) is 0 Å². The van der Waals surface area contributed by atoms with E-state index in [0.29, 0.717) is 17.1 Å². The highest BCUT2D eigenvalue weighted by Crippen LogP contribution is 2.37. The van der Waals surface area contributed by atoms with Crippen LogP contribution in [0.25, 0.3) is 17.4 Å². The minimum absolute atomic E-state index is 0.0485. The van der Waals surface area contributed by atoms with Gasteiger partial charge in [0.05, 0.1) is 22.6 Å². The standard InChI is InChI=1S/C23H14F3NO4S2/c24-23(25,26)17-4-2-1-3-15(17)12-27-20(28)19(33-22(27)32)11-16-9-10-18(31-16)13-5-7-14(8-6-13)21(29)30/h1-11H,12H2,(H,29,30)/b19-11-. The van der Waals surface area contributed by atoms with Gasteiger partial charge in [0, 0.05) is 11.6 Å². The van der Waals surface area contributed by atoms with Crippen LogP contribution < -0.4 is 0 Å². The van der Waals surface area contributed by atoms with Gasteiger partial charge >= 0.3 is 12.1 Å². The number of furan rings is 1. The molecule has 5 nitrogen and oxygen atoms in total. The van der Waals surface area contributed by atoms with Crippen molar-refractivity contribution >= 4 is 46.3 Å². The summed E-state index contributed by atoms with van der Waals surface area (Å²) in [6.45, 7) is -0.295. The van der Waals surface area contributed by atoms with Crippen LogP contribution in [-0.2, 0) is 17.5 Å². The molecule has 0 radical (unpaired) electrons. The van der Waals surface area contributed by atoms with Crippen LogP contribution in [0.3, 0.4) is 0 Å². The van der Waals surface area contributed by atoms with E-state index in [4.69, 9.17) is 21.7 Å². The maximum Gasteiger partial charge on any atom is 0.416 e. The van der Waals surface area contributed by atoms with E-state index in [0.717, 1.165) is 22.7 Å². The van der Waals surface area contributed by atoms with Gasteiger partial charge in [-0.3, -0.25) is 9.69 Å². The molecule has 1 saturated heterocycles. The Bertz CT molecular complexity index is 1280. The number of aromatic carboxylic acids is 1.